The summed E-state index contributed by atoms with van der Waals surface area (Å²) in [5.74, 6) is 5.50. The van der Waals surface area contributed by atoms with Gasteiger partial charge in [0.05, 0.1) is 15.5 Å². The number of anilines is 1. The van der Waals surface area contributed by atoms with Gasteiger partial charge in [0.1, 0.15) is 11.3 Å². The van der Waals surface area contributed by atoms with Crippen molar-refractivity contribution in [1.82, 2.24) is 5.32 Å². The molecule has 8 heteroatoms. The molecule has 1 aromatic rings. The summed E-state index contributed by atoms with van der Waals surface area (Å²) in [4.78, 5) is 21.6. The Morgan fingerprint density at radius 3 is 2.70 bits per heavy atom. The summed E-state index contributed by atoms with van der Waals surface area (Å²) >= 11 is 5.95. The van der Waals surface area contributed by atoms with Gasteiger partial charge in [0, 0.05) is 19.0 Å². The Labute approximate surface area is 139 Å². The van der Waals surface area contributed by atoms with Crippen LogP contribution in [0.25, 0.3) is 0 Å². The number of nitrogens with two attached hydrogens (primary N) is 1. The predicted molar refractivity (Wildman–Crippen MR) is 88.3 cm³/mol. The van der Waals surface area contributed by atoms with E-state index in [9.17, 15) is 14.9 Å². The molecule has 0 aliphatic carbocycles. The van der Waals surface area contributed by atoms with E-state index in [1.54, 1.807) is 20.8 Å². The zero-order valence-corrected chi connectivity index (χ0v) is 13.9. The molecule has 0 saturated heterocycles. The molecule has 23 heavy (non-hydrogen) atoms. The van der Waals surface area contributed by atoms with Gasteiger partial charge in [0.25, 0.3) is 5.69 Å². The van der Waals surface area contributed by atoms with E-state index in [-0.39, 0.29) is 22.9 Å². The van der Waals surface area contributed by atoms with Crippen LogP contribution >= 0.6 is 11.6 Å². The Morgan fingerprint density at radius 1 is 1.48 bits per heavy atom. The Balaban J connectivity index is 2.62. The molecule has 0 bridgehead atoms. The molecule has 1 aromatic carbocycles. The number of nitrogens with zero attached hydrogens (tertiary/aromatic N) is 1. The van der Waals surface area contributed by atoms with E-state index in [0.717, 1.165) is 0 Å². The van der Waals surface area contributed by atoms with Gasteiger partial charge in [-0.1, -0.05) is 23.4 Å². The molecule has 0 atom stereocenters. The number of nitrogens with one attached hydrogen (secondary N) is 1. The van der Waals surface area contributed by atoms with E-state index in [4.69, 9.17) is 22.1 Å². The summed E-state index contributed by atoms with van der Waals surface area (Å²) in [5.41, 5.74) is 5.00. The van der Waals surface area contributed by atoms with Crippen LogP contribution in [0.2, 0.25) is 5.02 Å². The number of nitro groups is 1. The Hall–Kier alpha value is -2.46. The highest BCUT2D eigenvalue weighted by Gasteiger charge is 2.15. The second-order valence-corrected chi connectivity index (χ2v) is 6.04. The largest absolute Gasteiger partial charge is 0.444 e. The van der Waals surface area contributed by atoms with Crippen molar-refractivity contribution in [2.24, 2.45) is 0 Å². The number of hydrogen-bond acceptors (Lipinski definition) is 5. The molecule has 1 amide bonds. The van der Waals surface area contributed by atoms with Crippen LogP contribution in [0, 0.1) is 22.0 Å². The van der Waals surface area contributed by atoms with Gasteiger partial charge in [-0.2, -0.15) is 0 Å². The maximum absolute atomic E-state index is 11.4. The van der Waals surface area contributed by atoms with Crippen LogP contribution in [0.15, 0.2) is 12.1 Å². The molecule has 0 fully saturated rings. The van der Waals surface area contributed by atoms with Crippen molar-refractivity contribution in [2.45, 2.75) is 32.8 Å². The summed E-state index contributed by atoms with van der Waals surface area (Å²) in [7, 11) is 0. The SMILES string of the molecule is CC(C)(C)OC(=O)NCCC#Cc1cc([N+](=O)[O-])c(N)cc1Cl. The zero-order chi connectivity index (χ0) is 17.6. The van der Waals surface area contributed by atoms with Crippen LogP contribution in [0.3, 0.4) is 0 Å². The maximum atomic E-state index is 11.4. The minimum absolute atomic E-state index is 0.0165. The second-order valence-electron chi connectivity index (χ2n) is 5.63. The number of ether oxygens (including phenoxy) is 1. The van der Waals surface area contributed by atoms with Crippen LogP contribution in [0.5, 0.6) is 0 Å². The average molecular weight is 340 g/mol. The standard InChI is InChI=1S/C15H18ClN3O4/c1-15(2,3)23-14(20)18-7-5-4-6-10-8-13(19(21)22)12(17)9-11(10)16/h8-9H,5,7,17H2,1-3H3,(H,18,20). The molecular formula is C15H18ClN3O4. The fourth-order valence-electron chi connectivity index (χ4n) is 1.53. The Bertz CT molecular complexity index is 672. The first-order chi connectivity index (χ1) is 10.6. The van der Waals surface area contributed by atoms with Crippen LogP contribution in [-0.2, 0) is 4.74 Å². The summed E-state index contributed by atoms with van der Waals surface area (Å²) in [6.45, 7) is 5.59. The van der Waals surface area contributed by atoms with E-state index >= 15 is 0 Å². The monoisotopic (exact) mass is 339 g/mol. The normalized spacial score (nSPS) is 10.4. The number of halogens is 1. The van der Waals surface area contributed by atoms with Crippen molar-refractivity contribution in [3.63, 3.8) is 0 Å². The molecule has 7 nitrogen and oxygen atoms in total. The highest BCUT2D eigenvalue weighted by atomic mass is 35.5. The van der Waals surface area contributed by atoms with Crippen molar-refractivity contribution in [3.8, 4) is 11.8 Å². The van der Waals surface area contributed by atoms with Crippen molar-refractivity contribution in [1.29, 1.82) is 0 Å². The third-order valence-electron chi connectivity index (χ3n) is 2.45. The van der Waals surface area contributed by atoms with Gasteiger partial charge in [-0.25, -0.2) is 4.79 Å². The number of nitrogen functional groups attached to an aromatic ring is 1. The topological polar surface area (TPSA) is 107 Å². The average Bonchev–Trinajstić information content (AvgIpc) is 2.38. The number of carbonyl (C=O) groups excluding carboxylic acids is 1. The van der Waals surface area contributed by atoms with Gasteiger partial charge in [-0.15, -0.1) is 0 Å². The van der Waals surface area contributed by atoms with Crippen LogP contribution in [0.4, 0.5) is 16.2 Å². The highest BCUT2D eigenvalue weighted by molar-refractivity contribution is 6.32. The molecule has 0 saturated carbocycles. The van der Waals surface area contributed by atoms with E-state index < -0.39 is 16.6 Å². The molecular weight excluding hydrogens is 322 g/mol. The number of benzene rings is 1. The van der Waals surface area contributed by atoms with Crippen molar-refractivity contribution >= 4 is 29.1 Å². The minimum Gasteiger partial charge on any atom is -0.444 e. The summed E-state index contributed by atoms with van der Waals surface area (Å²) < 4.78 is 5.07. The first kappa shape index (κ1) is 18.6. The van der Waals surface area contributed by atoms with Crippen molar-refractivity contribution in [3.05, 3.63) is 32.8 Å². The molecule has 0 radical (unpaired) electrons. The molecule has 0 spiro atoms. The van der Waals surface area contributed by atoms with E-state index in [2.05, 4.69) is 17.2 Å². The number of amides is 1. The number of alkyl carbamates (subject to hydrolysis) is 1. The fourth-order valence-corrected chi connectivity index (χ4v) is 1.75. The lowest BCUT2D eigenvalue weighted by Crippen LogP contribution is -2.32. The number of nitro benzene ring substituents is 1. The van der Waals surface area contributed by atoms with Gasteiger partial charge in [-0.05, 0) is 26.8 Å². The van der Waals surface area contributed by atoms with Crippen LogP contribution in [0.1, 0.15) is 32.8 Å². The third-order valence-corrected chi connectivity index (χ3v) is 2.77. The first-order valence-electron chi connectivity index (χ1n) is 6.79. The number of carbonyl (C=O) groups is 1. The highest BCUT2D eigenvalue weighted by Crippen LogP contribution is 2.28. The van der Waals surface area contributed by atoms with Gasteiger partial charge < -0.3 is 15.8 Å². The molecule has 0 aliphatic heterocycles. The van der Waals surface area contributed by atoms with Crippen molar-refractivity contribution < 1.29 is 14.5 Å². The molecule has 0 aliphatic rings. The maximum Gasteiger partial charge on any atom is 0.407 e. The lowest BCUT2D eigenvalue weighted by Gasteiger charge is -2.19. The van der Waals surface area contributed by atoms with Gasteiger partial charge in [0.2, 0.25) is 0 Å². The Morgan fingerprint density at radius 2 is 2.13 bits per heavy atom. The van der Waals surface area contributed by atoms with Gasteiger partial charge >= 0.3 is 6.09 Å². The summed E-state index contributed by atoms with van der Waals surface area (Å²) in [6, 6.07) is 2.52. The van der Waals surface area contributed by atoms with Crippen LogP contribution < -0.4 is 11.1 Å². The zero-order valence-electron chi connectivity index (χ0n) is 13.1. The Kier molecular flexibility index (Phi) is 6.22. The van der Waals surface area contributed by atoms with E-state index in [1.165, 1.54) is 12.1 Å². The molecule has 0 unspecified atom stereocenters. The molecule has 0 heterocycles. The fraction of sp³-hybridized carbons (Fsp3) is 0.400. The van der Waals surface area contributed by atoms with E-state index in [0.29, 0.717) is 12.0 Å². The lowest BCUT2D eigenvalue weighted by molar-refractivity contribution is -0.383. The summed E-state index contributed by atoms with van der Waals surface area (Å²) in [5, 5.41) is 13.6. The first-order valence-corrected chi connectivity index (χ1v) is 7.17. The molecule has 0 aromatic heterocycles. The molecule has 3 N–H and O–H groups in total. The van der Waals surface area contributed by atoms with Crippen LogP contribution in [-0.4, -0.2) is 23.2 Å². The van der Waals surface area contributed by atoms with Gasteiger partial charge in [0.15, 0.2) is 0 Å². The predicted octanol–water partition coefficient (Wildman–Crippen LogP) is 3.10. The van der Waals surface area contributed by atoms with E-state index in [1.807, 2.05) is 0 Å². The second kappa shape index (κ2) is 7.70. The molecule has 1 rings (SSSR count). The number of hydrogen-bond donors (Lipinski definition) is 2. The summed E-state index contributed by atoms with van der Waals surface area (Å²) in [6.07, 6.45) is -0.186. The minimum atomic E-state index is -0.596. The lowest BCUT2D eigenvalue weighted by atomic mass is 10.1. The smallest absolute Gasteiger partial charge is 0.407 e. The quantitative estimate of drug-likeness (QED) is 0.289. The van der Waals surface area contributed by atoms with Gasteiger partial charge in [-0.3, -0.25) is 10.1 Å². The number of rotatable bonds is 3. The van der Waals surface area contributed by atoms with Crippen molar-refractivity contribution in [2.75, 3.05) is 12.3 Å². The molecule has 124 valence electrons. The third kappa shape index (κ3) is 6.45.